The van der Waals surface area contributed by atoms with Crippen LogP contribution in [-0.2, 0) is 16.1 Å². The highest BCUT2D eigenvalue weighted by molar-refractivity contribution is 6.30. The number of esters is 1. The fourth-order valence-electron chi connectivity index (χ4n) is 3.31. The van der Waals surface area contributed by atoms with Crippen LogP contribution in [0.3, 0.4) is 0 Å². The SMILES string of the molecule is O=C1CC(Oc2c(F)c(F)cc3c(O)c(C(=O)NCc4ccc(Cl)cc4)cnc23)CCO1. The molecule has 7 nitrogen and oxygen atoms in total. The molecule has 166 valence electrons. The summed E-state index contributed by atoms with van der Waals surface area (Å²) in [5.74, 6) is -4.88. The number of benzene rings is 2. The number of aromatic hydroxyl groups is 1. The first-order valence-corrected chi connectivity index (χ1v) is 10.1. The second-order valence-electron chi connectivity index (χ2n) is 7.18. The van der Waals surface area contributed by atoms with E-state index in [1.54, 1.807) is 24.3 Å². The molecular weight excluding hydrogens is 446 g/mol. The summed E-state index contributed by atoms with van der Waals surface area (Å²) in [6.45, 7) is 0.242. The van der Waals surface area contributed by atoms with Crippen molar-refractivity contribution in [3.8, 4) is 11.5 Å². The van der Waals surface area contributed by atoms with Crippen molar-refractivity contribution in [3.63, 3.8) is 0 Å². The van der Waals surface area contributed by atoms with Crippen molar-refractivity contribution in [2.75, 3.05) is 6.61 Å². The second-order valence-corrected chi connectivity index (χ2v) is 7.62. The van der Waals surface area contributed by atoms with Crippen molar-refractivity contribution < 1.29 is 33.0 Å². The van der Waals surface area contributed by atoms with Crippen molar-refractivity contribution in [3.05, 3.63) is 64.3 Å². The average molecular weight is 463 g/mol. The van der Waals surface area contributed by atoms with Crippen molar-refractivity contribution in [2.45, 2.75) is 25.5 Å². The number of nitrogens with one attached hydrogen (secondary N) is 1. The summed E-state index contributed by atoms with van der Waals surface area (Å²) in [6, 6.07) is 7.53. The lowest BCUT2D eigenvalue weighted by Crippen LogP contribution is -2.30. The summed E-state index contributed by atoms with van der Waals surface area (Å²) in [5, 5.41) is 13.6. The Morgan fingerprint density at radius 1 is 1.31 bits per heavy atom. The number of carbonyl (C=O) groups is 2. The second kappa shape index (κ2) is 8.96. The van der Waals surface area contributed by atoms with Crippen LogP contribution in [0, 0.1) is 11.6 Å². The molecule has 0 aliphatic carbocycles. The van der Waals surface area contributed by atoms with Crippen molar-refractivity contribution in [2.24, 2.45) is 0 Å². The van der Waals surface area contributed by atoms with Crippen molar-refractivity contribution in [1.29, 1.82) is 0 Å². The standard InChI is InChI=1S/C22H17ClF2N2O5/c23-12-3-1-11(2-4-12)9-27-22(30)15-10-26-19-14(20(15)29)8-16(24)18(25)21(19)32-13-5-6-31-17(28)7-13/h1-4,8,10,13H,5-7,9H2,(H,26,29)(H,27,30). The van der Waals surface area contributed by atoms with E-state index in [1.807, 2.05) is 0 Å². The van der Waals surface area contributed by atoms with Gasteiger partial charge in [-0.3, -0.25) is 14.6 Å². The summed E-state index contributed by atoms with van der Waals surface area (Å²) >= 11 is 5.83. The van der Waals surface area contributed by atoms with E-state index in [0.29, 0.717) is 11.4 Å². The molecule has 1 amide bonds. The number of halogens is 3. The molecule has 10 heteroatoms. The minimum Gasteiger partial charge on any atom is -0.506 e. The van der Waals surface area contributed by atoms with Gasteiger partial charge < -0.3 is 19.9 Å². The van der Waals surface area contributed by atoms with E-state index < -0.39 is 41.1 Å². The van der Waals surface area contributed by atoms with Crippen molar-refractivity contribution in [1.82, 2.24) is 10.3 Å². The van der Waals surface area contributed by atoms with Crippen LogP contribution in [0.4, 0.5) is 8.78 Å². The van der Waals surface area contributed by atoms with E-state index in [4.69, 9.17) is 21.1 Å². The molecule has 3 aromatic rings. The number of cyclic esters (lactones) is 1. The maximum absolute atomic E-state index is 14.5. The molecule has 1 atom stereocenters. The van der Waals surface area contributed by atoms with Crippen molar-refractivity contribution >= 4 is 34.4 Å². The Labute approximate surface area is 185 Å². The number of carbonyl (C=O) groups excluding carboxylic acids is 2. The zero-order chi connectivity index (χ0) is 22.8. The number of ether oxygens (including phenoxy) is 2. The third-order valence-electron chi connectivity index (χ3n) is 4.98. The van der Waals surface area contributed by atoms with E-state index in [1.165, 1.54) is 0 Å². The molecule has 1 saturated heterocycles. The van der Waals surface area contributed by atoms with E-state index in [9.17, 15) is 23.5 Å². The molecular formula is C22H17ClF2N2O5. The molecule has 0 saturated carbocycles. The van der Waals surface area contributed by atoms with Gasteiger partial charge in [0.05, 0.1) is 13.0 Å². The molecule has 4 rings (SSSR count). The van der Waals surface area contributed by atoms with Crippen LogP contribution < -0.4 is 10.1 Å². The van der Waals surface area contributed by atoms with Crippen LogP contribution >= 0.6 is 11.6 Å². The van der Waals surface area contributed by atoms with E-state index in [-0.39, 0.29) is 36.0 Å². The fourth-order valence-corrected chi connectivity index (χ4v) is 3.44. The fraction of sp³-hybridized carbons (Fsp3) is 0.227. The van der Waals surface area contributed by atoms with E-state index >= 15 is 0 Å². The van der Waals surface area contributed by atoms with Gasteiger partial charge in [-0.15, -0.1) is 0 Å². The van der Waals surface area contributed by atoms with Gasteiger partial charge in [0, 0.05) is 29.6 Å². The third-order valence-corrected chi connectivity index (χ3v) is 5.23. The zero-order valence-electron chi connectivity index (χ0n) is 16.5. The number of rotatable bonds is 5. The van der Waals surface area contributed by atoms with Crippen LogP contribution in [0.2, 0.25) is 5.02 Å². The Morgan fingerprint density at radius 2 is 2.06 bits per heavy atom. The van der Waals surface area contributed by atoms with Crippen LogP contribution in [0.5, 0.6) is 11.5 Å². The molecule has 1 aliphatic rings. The quantitative estimate of drug-likeness (QED) is 0.558. The normalized spacial score (nSPS) is 16.0. The first-order chi connectivity index (χ1) is 15.3. The molecule has 1 aromatic heterocycles. The van der Waals surface area contributed by atoms with Gasteiger partial charge in [-0.25, -0.2) is 4.39 Å². The summed E-state index contributed by atoms with van der Waals surface area (Å²) in [7, 11) is 0. The van der Waals surface area contributed by atoms with Gasteiger partial charge in [-0.2, -0.15) is 4.39 Å². The predicted molar refractivity (Wildman–Crippen MR) is 111 cm³/mol. The largest absolute Gasteiger partial charge is 0.506 e. The molecule has 0 bridgehead atoms. The Kier molecular flexibility index (Phi) is 6.09. The van der Waals surface area contributed by atoms with E-state index in [0.717, 1.165) is 17.8 Å². The third kappa shape index (κ3) is 4.43. The molecule has 1 fully saturated rings. The summed E-state index contributed by atoms with van der Waals surface area (Å²) < 4.78 is 39.1. The van der Waals surface area contributed by atoms with Gasteiger partial charge in [0.1, 0.15) is 22.9 Å². The minimum atomic E-state index is -1.30. The highest BCUT2D eigenvalue weighted by Crippen LogP contribution is 2.37. The number of nitrogens with zero attached hydrogens (tertiary/aromatic N) is 1. The van der Waals surface area contributed by atoms with Crippen LogP contribution in [-0.4, -0.2) is 34.7 Å². The number of pyridine rings is 1. The van der Waals surface area contributed by atoms with Gasteiger partial charge in [0.25, 0.3) is 5.91 Å². The lowest BCUT2D eigenvalue weighted by Gasteiger charge is -2.23. The van der Waals surface area contributed by atoms with Gasteiger partial charge >= 0.3 is 5.97 Å². The van der Waals surface area contributed by atoms with E-state index in [2.05, 4.69) is 10.3 Å². The first kappa shape index (κ1) is 21.8. The Bertz CT molecular complexity index is 1200. The topological polar surface area (TPSA) is 97.8 Å². The molecule has 0 radical (unpaired) electrons. The summed E-state index contributed by atoms with van der Waals surface area (Å²) in [5.41, 5.74) is 0.380. The Hall–Kier alpha value is -3.46. The molecule has 2 heterocycles. The van der Waals surface area contributed by atoms with Gasteiger partial charge in [0.15, 0.2) is 11.6 Å². The minimum absolute atomic E-state index is 0.0922. The van der Waals surface area contributed by atoms with Crippen LogP contribution in [0.15, 0.2) is 36.5 Å². The average Bonchev–Trinajstić information content (AvgIpc) is 2.77. The lowest BCUT2D eigenvalue weighted by atomic mass is 10.1. The van der Waals surface area contributed by atoms with Gasteiger partial charge in [0.2, 0.25) is 5.82 Å². The highest BCUT2D eigenvalue weighted by Gasteiger charge is 2.27. The number of fused-ring (bicyclic) bond motifs is 1. The molecule has 2 N–H and O–H groups in total. The maximum atomic E-state index is 14.5. The Morgan fingerprint density at radius 3 is 2.78 bits per heavy atom. The smallest absolute Gasteiger partial charge is 0.309 e. The molecule has 0 spiro atoms. The lowest BCUT2D eigenvalue weighted by molar-refractivity contribution is -0.150. The molecule has 32 heavy (non-hydrogen) atoms. The summed E-state index contributed by atoms with van der Waals surface area (Å²) in [4.78, 5) is 28.0. The Balaban J connectivity index is 1.62. The number of amides is 1. The monoisotopic (exact) mass is 462 g/mol. The van der Waals surface area contributed by atoms with Crippen LogP contribution in [0.25, 0.3) is 10.9 Å². The highest BCUT2D eigenvalue weighted by atomic mass is 35.5. The van der Waals surface area contributed by atoms with Gasteiger partial charge in [-0.1, -0.05) is 23.7 Å². The predicted octanol–water partition coefficient (Wildman–Crippen LogP) is 3.89. The number of hydrogen-bond donors (Lipinski definition) is 2. The molecule has 1 aliphatic heterocycles. The van der Waals surface area contributed by atoms with Crippen LogP contribution in [0.1, 0.15) is 28.8 Å². The summed E-state index contributed by atoms with van der Waals surface area (Å²) in [6.07, 6.45) is 0.477. The maximum Gasteiger partial charge on any atom is 0.309 e. The number of hydrogen-bond acceptors (Lipinski definition) is 6. The number of aromatic nitrogens is 1. The van der Waals surface area contributed by atoms with Gasteiger partial charge in [-0.05, 0) is 23.8 Å². The zero-order valence-corrected chi connectivity index (χ0v) is 17.3. The molecule has 2 aromatic carbocycles. The first-order valence-electron chi connectivity index (χ1n) is 9.68. The molecule has 1 unspecified atom stereocenters.